The van der Waals surface area contributed by atoms with E-state index in [1.807, 2.05) is 0 Å². The number of nitrogens with one attached hydrogen (secondary N) is 2. The topological polar surface area (TPSA) is 84.2 Å². The second kappa shape index (κ2) is 4.44. The van der Waals surface area contributed by atoms with Crippen LogP contribution in [0.15, 0.2) is 16.9 Å². The summed E-state index contributed by atoms with van der Waals surface area (Å²) < 4.78 is 4.56. The normalized spacial score (nSPS) is 29.2. The molecule has 0 radical (unpaired) electrons. The number of hydrogen-bond donors (Lipinski definition) is 2. The van der Waals surface area contributed by atoms with Crippen LogP contribution >= 0.6 is 0 Å². The van der Waals surface area contributed by atoms with Gasteiger partial charge in [-0.05, 0) is 37.5 Å². The number of aromatic nitrogens is 1. The van der Waals surface area contributed by atoms with Crippen LogP contribution in [-0.4, -0.2) is 17.0 Å². The second-order valence-corrected chi connectivity index (χ2v) is 5.09. The van der Waals surface area contributed by atoms with Crippen LogP contribution in [0.3, 0.4) is 0 Å². The molecular formula is C12H15N3O3. The third kappa shape index (κ3) is 1.98. The van der Waals surface area contributed by atoms with E-state index in [-0.39, 0.29) is 17.5 Å². The predicted molar refractivity (Wildman–Crippen MR) is 61.0 cm³/mol. The van der Waals surface area contributed by atoms with Gasteiger partial charge < -0.3 is 4.52 Å². The van der Waals surface area contributed by atoms with Gasteiger partial charge in [0, 0.05) is 12.0 Å². The molecule has 3 atom stereocenters. The maximum absolute atomic E-state index is 11.9. The number of hydrogen-bond acceptors (Lipinski definition) is 4. The molecule has 0 aromatic carbocycles. The Kier molecular flexibility index (Phi) is 2.77. The largest absolute Gasteiger partial charge is 0.364 e. The molecule has 2 aliphatic carbocycles. The molecule has 6 heteroatoms. The molecule has 0 bridgehead atoms. The Bertz CT molecular complexity index is 445. The molecule has 1 heterocycles. The van der Waals surface area contributed by atoms with Crippen LogP contribution < -0.4 is 10.9 Å². The molecule has 2 N–H and O–H groups in total. The van der Waals surface area contributed by atoms with E-state index < -0.39 is 5.91 Å². The lowest BCUT2D eigenvalue weighted by Crippen LogP contribution is -2.44. The third-order valence-corrected chi connectivity index (χ3v) is 4.09. The van der Waals surface area contributed by atoms with Gasteiger partial charge >= 0.3 is 0 Å². The molecule has 18 heavy (non-hydrogen) atoms. The van der Waals surface area contributed by atoms with Crippen LogP contribution in [-0.2, 0) is 4.79 Å². The molecule has 2 saturated carbocycles. The minimum atomic E-state index is -0.460. The Hall–Kier alpha value is -1.85. The van der Waals surface area contributed by atoms with E-state index in [9.17, 15) is 9.59 Å². The van der Waals surface area contributed by atoms with Crippen LogP contribution in [0.2, 0.25) is 0 Å². The standard InChI is InChI=1S/C12H15N3O3/c16-11(9-5-7-1-2-8(7)6-9)13-14-12(17)10-3-4-18-15-10/h3-4,7-9H,1-2,5-6H2,(H,13,16)(H,14,17)/t7-,8+,9?. The smallest absolute Gasteiger partial charge is 0.291 e. The minimum Gasteiger partial charge on any atom is -0.364 e. The molecule has 0 saturated heterocycles. The predicted octanol–water partition coefficient (Wildman–Crippen LogP) is 0.872. The maximum atomic E-state index is 11.9. The molecule has 1 unspecified atom stereocenters. The van der Waals surface area contributed by atoms with Crippen LogP contribution in [0.1, 0.15) is 36.2 Å². The Balaban J connectivity index is 1.48. The van der Waals surface area contributed by atoms with Gasteiger partial charge in [-0.2, -0.15) is 0 Å². The van der Waals surface area contributed by atoms with E-state index in [1.165, 1.54) is 25.2 Å². The van der Waals surface area contributed by atoms with Crippen LogP contribution in [0, 0.1) is 17.8 Å². The number of carbonyl (C=O) groups excluding carboxylic acids is 2. The number of hydrazine groups is 1. The van der Waals surface area contributed by atoms with Crippen molar-refractivity contribution in [1.82, 2.24) is 16.0 Å². The fraction of sp³-hybridized carbons (Fsp3) is 0.583. The van der Waals surface area contributed by atoms with Gasteiger partial charge in [-0.1, -0.05) is 5.16 Å². The average molecular weight is 249 g/mol. The highest BCUT2D eigenvalue weighted by molar-refractivity contribution is 5.93. The lowest BCUT2D eigenvalue weighted by Gasteiger charge is -2.29. The molecule has 2 aliphatic rings. The number of amides is 2. The zero-order chi connectivity index (χ0) is 12.5. The lowest BCUT2D eigenvalue weighted by molar-refractivity contribution is -0.125. The van der Waals surface area contributed by atoms with E-state index in [1.54, 1.807) is 0 Å². The fourth-order valence-corrected chi connectivity index (χ4v) is 2.91. The first-order valence-electron chi connectivity index (χ1n) is 6.24. The average Bonchev–Trinajstić information content (AvgIpc) is 2.95. The van der Waals surface area contributed by atoms with Crippen molar-refractivity contribution < 1.29 is 14.1 Å². The number of carbonyl (C=O) groups is 2. The van der Waals surface area contributed by atoms with Crippen molar-refractivity contribution in [1.29, 1.82) is 0 Å². The highest BCUT2D eigenvalue weighted by Crippen LogP contribution is 2.49. The van der Waals surface area contributed by atoms with Gasteiger partial charge in [-0.3, -0.25) is 20.4 Å². The summed E-state index contributed by atoms with van der Waals surface area (Å²) in [5.41, 5.74) is 4.97. The first-order valence-corrected chi connectivity index (χ1v) is 6.24. The summed E-state index contributed by atoms with van der Waals surface area (Å²) in [6.07, 6.45) is 5.72. The molecule has 2 fully saturated rings. The van der Waals surface area contributed by atoms with E-state index in [4.69, 9.17) is 0 Å². The molecule has 0 spiro atoms. The number of rotatable bonds is 2. The summed E-state index contributed by atoms with van der Waals surface area (Å²) in [4.78, 5) is 23.4. The molecule has 1 aromatic heterocycles. The minimum absolute atomic E-state index is 0.0418. The van der Waals surface area contributed by atoms with Gasteiger partial charge in [0.05, 0.1) is 0 Å². The molecular weight excluding hydrogens is 234 g/mol. The van der Waals surface area contributed by atoms with Crippen LogP contribution in [0.5, 0.6) is 0 Å². The summed E-state index contributed by atoms with van der Waals surface area (Å²) in [5.74, 6) is 0.943. The molecule has 3 rings (SSSR count). The first-order chi connectivity index (χ1) is 8.74. The SMILES string of the molecule is O=C(NNC(=O)C1C[C@H]2CC[C@H]2C1)c1ccon1. The number of nitrogens with zero attached hydrogens (tertiary/aromatic N) is 1. The summed E-state index contributed by atoms with van der Waals surface area (Å²) in [6, 6.07) is 1.44. The highest BCUT2D eigenvalue weighted by Gasteiger charge is 2.42. The molecule has 0 aliphatic heterocycles. The Morgan fingerprint density at radius 3 is 2.50 bits per heavy atom. The van der Waals surface area contributed by atoms with E-state index in [2.05, 4.69) is 20.5 Å². The molecule has 2 amide bonds. The van der Waals surface area contributed by atoms with Crippen molar-refractivity contribution in [3.63, 3.8) is 0 Å². The van der Waals surface area contributed by atoms with Crippen molar-refractivity contribution in [3.8, 4) is 0 Å². The summed E-state index contributed by atoms with van der Waals surface area (Å²) in [5, 5.41) is 3.49. The van der Waals surface area contributed by atoms with Gasteiger partial charge in [0.1, 0.15) is 6.26 Å². The zero-order valence-electron chi connectivity index (χ0n) is 9.89. The monoisotopic (exact) mass is 249 g/mol. The van der Waals surface area contributed by atoms with Crippen molar-refractivity contribution in [3.05, 3.63) is 18.0 Å². The van der Waals surface area contributed by atoms with Gasteiger partial charge in [0.25, 0.3) is 5.91 Å². The van der Waals surface area contributed by atoms with E-state index >= 15 is 0 Å². The van der Waals surface area contributed by atoms with E-state index in [0.717, 1.165) is 24.7 Å². The summed E-state index contributed by atoms with van der Waals surface area (Å²) in [7, 11) is 0. The number of fused-ring (bicyclic) bond motifs is 1. The Morgan fingerprint density at radius 1 is 1.22 bits per heavy atom. The van der Waals surface area contributed by atoms with Crippen molar-refractivity contribution in [2.75, 3.05) is 0 Å². The first kappa shape index (κ1) is 11.3. The van der Waals surface area contributed by atoms with Gasteiger partial charge in [-0.15, -0.1) is 0 Å². The summed E-state index contributed by atoms with van der Waals surface area (Å²) in [6.45, 7) is 0. The van der Waals surface area contributed by atoms with Crippen molar-refractivity contribution >= 4 is 11.8 Å². The molecule has 1 aromatic rings. The molecule has 6 nitrogen and oxygen atoms in total. The van der Waals surface area contributed by atoms with Crippen LogP contribution in [0.4, 0.5) is 0 Å². The van der Waals surface area contributed by atoms with Crippen molar-refractivity contribution in [2.24, 2.45) is 17.8 Å². The van der Waals surface area contributed by atoms with E-state index in [0.29, 0.717) is 0 Å². The Labute approximate surface area is 104 Å². The van der Waals surface area contributed by atoms with Crippen molar-refractivity contribution in [2.45, 2.75) is 25.7 Å². The zero-order valence-corrected chi connectivity index (χ0v) is 9.89. The van der Waals surface area contributed by atoms with Gasteiger partial charge in [0.2, 0.25) is 5.91 Å². The highest BCUT2D eigenvalue weighted by atomic mass is 16.5. The summed E-state index contributed by atoms with van der Waals surface area (Å²) >= 11 is 0. The third-order valence-electron chi connectivity index (χ3n) is 4.09. The second-order valence-electron chi connectivity index (χ2n) is 5.09. The lowest BCUT2D eigenvalue weighted by atomic mass is 9.77. The quantitative estimate of drug-likeness (QED) is 0.762. The maximum Gasteiger partial charge on any atom is 0.291 e. The van der Waals surface area contributed by atoms with Crippen LogP contribution in [0.25, 0.3) is 0 Å². The molecule has 96 valence electrons. The van der Waals surface area contributed by atoms with Gasteiger partial charge in [0.15, 0.2) is 5.69 Å². The Morgan fingerprint density at radius 2 is 1.94 bits per heavy atom. The van der Waals surface area contributed by atoms with Gasteiger partial charge in [-0.25, -0.2) is 0 Å². The fourth-order valence-electron chi connectivity index (χ4n) is 2.91.